The summed E-state index contributed by atoms with van der Waals surface area (Å²) in [7, 11) is 4.71. The molecule has 1 aromatic heterocycles. The van der Waals surface area contributed by atoms with Crippen molar-refractivity contribution in [3.63, 3.8) is 0 Å². The topological polar surface area (TPSA) is 82.4 Å². The summed E-state index contributed by atoms with van der Waals surface area (Å²) >= 11 is 4.79. The minimum absolute atomic E-state index is 0.148. The smallest absolute Gasteiger partial charge is 0.271 e. The number of hydrogen-bond acceptors (Lipinski definition) is 7. The van der Waals surface area contributed by atoms with Gasteiger partial charge in [0, 0.05) is 18.7 Å². The number of likely N-dealkylation sites (N-methyl/N-ethyl adjacent to an activating group) is 1. The summed E-state index contributed by atoms with van der Waals surface area (Å²) in [5, 5.41) is 0. The number of fused-ring (bicyclic) bond motifs is 1. The van der Waals surface area contributed by atoms with Crippen LogP contribution in [0.4, 0.5) is 0 Å². The molecule has 8 nitrogen and oxygen atoms in total. The van der Waals surface area contributed by atoms with Gasteiger partial charge in [-0.15, -0.1) is 0 Å². The Bertz CT molecular complexity index is 1590. The van der Waals surface area contributed by atoms with Crippen molar-refractivity contribution in [2.45, 2.75) is 26.8 Å². The molecule has 0 unspecified atom stereocenters. The van der Waals surface area contributed by atoms with E-state index in [9.17, 15) is 9.59 Å². The van der Waals surface area contributed by atoms with Crippen LogP contribution in [-0.4, -0.2) is 49.8 Å². The zero-order valence-electron chi connectivity index (χ0n) is 22.2. The van der Waals surface area contributed by atoms with E-state index in [1.54, 1.807) is 42.9 Å². The monoisotopic (exact) mass is 599 g/mol. The van der Waals surface area contributed by atoms with Crippen molar-refractivity contribution in [2.24, 2.45) is 4.99 Å². The highest BCUT2D eigenvalue weighted by atomic mass is 79.9. The van der Waals surface area contributed by atoms with Crippen LogP contribution in [0.1, 0.15) is 37.9 Å². The summed E-state index contributed by atoms with van der Waals surface area (Å²) in [6.07, 6.45) is 1.79. The van der Waals surface area contributed by atoms with Gasteiger partial charge in [0.15, 0.2) is 16.3 Å². The third-order valence-electron chi connectivity index (χ3n) is 6.49. The number of nitrogens with zero attached hydrogens (tertiary/aromatic N) is 3. The number of rotatable bonds is 8. The summed E-state index contributed by atoms with van der Waals surface area (Å²) in [5.74, 6) is 1.55. The van der Waals surface area contributed by atoms with Crippen molar-refractivity contribution in [3.05, 3.63) is 83.0 Å². The molecular formula is C28H30BrN3O5S. The van der Waals surface area contributed by atoms with Crippen molar-refractivity contribution in [1.82, 2.24) is 9.47 Å². The van der Waals surface area contributed by atoms with Gasteiger partial charge in [-0.3, -0.25) is 14.2 Å². The highest BCUT2D eigenvalue weighted by Crippen LogP contribution is 2.37. The number of halogens is 1. The number of allylic oxidation sites excluding steroid dienone is 1. The molecule has 200 valence electrons. The summed E-state index contributed by atoms with van der Waals surface area (Å²) < 4.78 is 19.3. The van der Waals surface area contributed by atoms with E-state index < -0.39 is 6.04 Å². The van der Waals surface area contributed by atoms with Crippen LogP contribution < -0.4 is 29.1 Å². The van der Waals surface area contributed by atoms with E-state index in [-0.39, 0.29) is 11.5 Å². The van der Waals surface area contributed by atoms with Gasteiger partial charge in [0.05, 0.1) is 41.6 Å². The Morgan fingerprint density at radius 3 is 2.42 bits per heavy atom. The molecule has 0 N–H and O–H groups in total. The molecule has 10 heteroatoms. The van der Waals surface area contributed by atoms with Crippen LogP contribution in [0.3, 0.4) is 0 Å². The Kier molecular flexibility index (Phi) is 8.42. The lowest BCUT2D eigenvalue weighted by Gasteiger charge is -2.29. The van der Waals surface area contributed by atoms with E-state index in [0.29, 0.717) is 55.4 Å². The first-order valence-corrected chi connectivity index (χ1v) is 13.8. The first-order chi connectivity index (χ1) is 18.3. The molecule has 1 amide bonds. The molecule has 0 saturated heterocycles. The number of hydrogen-bond donors (Lipinski definition) is 0. The number of ether oxygens (including phenoxy) is 3. The van der Waals surface area contributed by atoms with Crippen molar-refractivity contribution < 1.29 is 19.0 Å². The lowest BCUT2D eigenvalue weighted by molar-refractivity contribution is -0.127. The molecule has 1 aliphatic heterocycles. The zero-order valence-corrected chi connectivity index (χ0v) is 24.6. The lowest BCUT2D eigenvalue weighted by Crippen LogP contribution is -2.43. The van der Waals surface area contributed by atoms with E-state index in [0.717, 1.165) is 11.1 Å². The second-order valence-electron chi connectivity index (χ2n) is 8.54. The molecule has 0 saturated carbocycles. The van der Waals surface area contributed by atoms with E-state index in [1.807, 2.05) is 51.1 Å². The molecule has 38 heavy (non-hydrogen) atoms. The molecule has 0 spiro atoms. The molecule has 0 aliphatic carbocycles. The van der Waals surface area contributed by atoms with Gasteiger partial charge in [0.2, 0.25) is 0 Å². The molecule has 1 aliphatic rings. The van der Waals surface area contributed by atoms with Crippen LogP contribution >= 0.6 is 27.3 Å². The standard InChI is InChI=1S/C28H30BrN3O5S/c1-7-31(8-2)27(34)23-16(3)30-28-32(24(23)18-11-9-10-12-20(18)35-4)26(33)22(38-28)15-17-13-19(29)25(37-6)21(14-17)36-5/h9-15,24H,7-8H2,1-6H3/b22-15+/t24-/m0/s1. The first kappa shape index (κ1) is 27.7. The highest BCUT2D eigenvalue weighted by molar-refractivity contribution is 9.10. The number of amides is 1. The normalized spacial score (nSPS) is 15.1. The number of carbonyl (C=O) groups excluding carboxylic acids is 1. The molecule has 2 heterocycles. The van der Waals surface area contributed by atoms with Gasteiger partial charge in [-0.1, -0.05) is 29.5 Å². The molecule has 0 radical (unpaired) electrons. The number of carbonyl (C=O) groups is 1. The van der Waals surface area contributed by atoms with E-state index in [1.165, 1.54) is 11.3 Å². The summed E-state index contributed by atoms with van der Waals surface area (Å²) in [6, 6.07) is 10.4. The number of aromatic nitrogens is 1. The molecule has 2 aromatic carbocycles. The Hall–Kier alpha value is -3.37. The van der Waals surface area contributed by atoms with Gasteiger partial charge in [0.1, 0.15) is 11.8 Å². The quantitative estimate of drug-likeness (QED) is 0.392. The number of thiazole rings is 1. The largest absolute Gasteiger partial charge is 0.496 e. The lowest BCUT2D eigenvalue weighted by atomic mass is 9.94. The van der Waals surface area contributed by atoms with Gasteiger partial charge in [-0.2, -0.15) is 0 Å². The van der Waals surface area contributed by atoms with Crippen LogP contribution in [0.25, 0.3) is 6.08 Å². The third kappa shape index (κ3) is 4.90. The van der Waals surface area contributed by atoms with E-state index in [4.69, 9.17) is 19.2 Å². The average molecular weight is 601 g/mol. The van der Waals surface area contributed by atoms with Crippen LogP contribution in [0, 0.1) is 0 Å². The average Bonchev–Trinajstić information content (AvgIpc) is 3.21. The van der Waals surface area contributed by atoms with Gasteiger partial charge >= 0.3 is 0 Å². The van der Waals surface area contributed by atoms with Crippen molar-refractivity contribution in [3.8, 4) is 17.2 Å². The molecule has 0 fully saturated rings. The van der Waals surface area contributed by atoms with E-state index >= 15 is 0 Å². The summed E-state index contributed by atoms with van der Waals surface area (Å²) in [4.78, 5) is 34.7. The minimum Gasteiger partial charge on any atom is -0.496 e. The highest BCUT2D eigenvalue weighted by Gasteiger charge is 2.35. The Morgan fingerprint density at radius 2 is 1.79 bits per heavy atom. The predicted molar refractivity (Wildman–Crippen MR) is 152 cm³/mol. The second kappa shape index (κ2) is 11.6. The molecule has 4 rings (SSSR count). The fraction of sp³-hybridized carbons (Fsp3) is 0.321. The Morgan fingerprint density at radius 1 is 1.11 bits per heavy atom. The van der Waals surface area contributed by atoms with E-state index in [2.05, 4.69) is 15.9 Å². The SMILES string of the molecule is CCN(CC)C(=O)C1=C(C)N=c2s/c(=C/c3cc(Br)c(OC)c(OC)c3)c(=O)n2[C@H]1c1ccccc1OC. The number of para-hydroxylation sites is 1. The fourth-order valence-electron chi connectivity index (χ4n) is 4.64. The van der Waals surface area contributed by atoms with Crippen LogP contribution in [-0.2, 0) is 4.79 Å². The fourth-order valence-corrected chi connectivity index (χ4v) is 6.30. The molecule has 1 atom stereocenters. The van der Waals surface area contributed by atoms with Crippen molar-refractivity contribution in [1.29, 1.82) is 0 Å². The third-order valence-corrected chi connectivity index (χ3v) is 8.06. The maximum absolute atomic E-state index is 14.0. The predicted octanol–water partition coefficient (Wildman–Crippen LogP) is 3.89. The summed E-state index contributed by atoms with van der Waals surface area (Å²) in [5.41, 5.74) is 2.28. The summed E-state index contributed by atoms with van der Waals surface area (Å²) in [6.45, 7) is 6.78. The van der Waals surface area contributed by atoms with Crippen LogP contribution in [0.2, 0.25) is 0 Å². The Labute approximate surface area is 233 Å². The molecule has 3 aromatic rings. The Balaban J connectivity index is 1.99. The zero-order chi connectivity index (χ0) is 27.6. The van der Waals surface area contributed by atoms with Gasteiger partial charge in [0.25, 0.3) is 11.5 Å². The number of benzene rings is 2. The molecular weight excluding hydrogens is 570 g/mol. The number of methoxy groups -OCH3 is 3. The first-order valence-electron chi connectivity index (χ1n) is 12.2. The minimum atomic E-state index is -0.685. The van der Waals surface area contributed by atoms with Crippen LogP contribution in [0.5, 0.6) is 17.2 Å². The maximum atomic E-state index is 14.0. The molecule has 0 bridgehead atoms. The van der Waals surface area contributed by atoms with Gasteiger partial charge in [-0.05, 0) is 66.5 Å². The van der Waals surface area contributed by atoms with Gasteiger partial charge in [-0.25, -0.2) is 4.99 Å². The maximum Gasteiger partial charge on any atom is 0.271 e. The second-order valence-corrected chi connectivity index (χ2v) is 10.4. The van der Waals surface area contributed by atoms with Crippen LogP contribution in [0.15, 0.2) is 61.9 Å². The van der Waals surface area contributed by atoms with Gasteiger partial charge < -0.3 is 19.1 Å². The van der Waals surface area contributed by atoms with Crippen molar-refractivity contribution in [2.75, 3.05) is 34.4 Å². The van der Waals surface area contributed by atoms with Crippen molar-refractivity contribution >= 4 is 39.2 Å².